The first kappa shape index (κ1) is 23.3. The van der Waals surface area contributed by atoms with Crippen LogP contribution in [0.4, 0.5) is 16.2 Å². The van der Waals surface area contributed by atoms with Gasteiger partial charge in [-0.25, -0.2) is 9.78 Å². The Kier molecular flexibility index (Phi) is 5.70. The molecule has 1 N–H and O–H groups in total. The zero-order valence-electron chi connectivity index (χ0n) is 20.7. The van der Waals surface area contributed by atoms with Crippen molar-refractivity contribution in [2.75, 3.05) is 29.9 Å². The summed E-state index contributed by atoms with van der Waals surface area (Å²) in [7, 11) is 0. The molecule has 0 bridgehead atoms. The number of aromatic nitrogens is 2. The van der Waals surface area contributed by atoms with Crippen LogP contribution >= 0.6 is 0 Å². The summed E-state index contributed by atoms with van der Waals surface area (Å²) in [6, 6.07) is 14.0. The number of ether oxygens (including phenoxy) is 1. The number of carbonyl (C=O) groups is 3. The Morgan fingerprint density at radius 3 is 2.43 bits per heavy atom. The third-order valence-corrected chi connectivity index (χ3v) is 7.57. The number of nitrogens with one attached hydrogen (secondary N) is 1. The number of benzene rings is 2. The highest BCUT2D eigenvalue weighted by atomic mass is 16.6. The van der Waals surface area contributed by atoms with E-state index < -0.39 is 6.04 Å². The first-order valence-corrected chi connectivity index (χ1v) is 12.7. The average Bonchev–Trinajstić information content (AvgIpc) is 3.34. The van der Waals surface area contributed by atoms with Gasteiger partial charge in [0.1, 0.15) is 6.04 Å². The topological polar surface area (TPSA) is 96.8 Å². The number of anilines is 2. The monoisotopic (exact) mass is 499 g/mol. The summed E-state index contributed by atoms with van der Waals surface area (Å²) in [6.07, 6.45) is 6.84. The van der Waals surface area contributed by atoms with Crippen molar-refractivity contribution in [3.05, 3.63) is 72.3 Å². The maximum Gasteiger partial charge on any atom is 0.414 e. The van der Waals surface area contributed by atoms with Gasteiger partial charge in [0.15, 0.2) is 0 Å². The number of aryl methyl sites for hydroxylation is 1. The van der Waals surface area contributed by atoms with E-state index >= 15 is 0 Å². The summed E-state index contributed by atoms with van der Waals surface area (Å²) in [5.74, 6) is -0.335. The van der Waals surface area contributed by atoms with E-state index in [4.69, 9.17) is 4.74 Å². The second kappa shape index (κ2) is 9.06. The number of imidazole rings is 1. The molecule has 2 aliphatic heterocycles. The minimum absolute atomic E-state index is 0.0539. The van der Waals surface area contributed by atoms with E-state index in [0.717, 1.165) is 30.6 Å². The Hall–Kier alpha value is -4.14. The fraction of sp³-hybridized carbons (Fsp3) is 0.357. The minimum Gasteiger partial charge on any atom is -0.449 e. The number of amides is 3. The second-order valence-corrected chi connectivity index (χ2v) is 10.3. The SMILES string of the molecule is Cc1cn(-c2ccc(NC(=O)[C@@H]3CC4(CC4)CN3C(=O)c3ccc(N4CCCOC4=O)cc3)cc2)cn1. The van der Waals surface area contributed by atoms with Crippen LogP contribution in [0.5, 0.6) is 0 Å². The summed E-state index contributed by atoms with van der Waals surface area (Å²) >= 11 is 0. The molecule has 3 aromatic rings. The van der Waals surface area contributed by atoms with Crippen molar-refractivity contribution in [3.63, 3.8) is 0 Å². The average molecular weight is 500 g/mol. The molecule has 190 valence electrons. The Morgan fingerprint density at radius 2 is 1.78 bits per heavy atom. The first-order valence-electron chi connectivity index (χ1n) is 12.7. The molecule has 1 atom stereocenters. The van der Waals surface area contributed by atoms with E-state index in [1.54, 1.807) is 40.4 Å². The van der Waals surface area contributed by atoms with Crippen LogP contribution in [0.25, 0.3) is 5.69 Å². The lowest BCUT2D eigenvalue weighted by Gasteiger charge is -2.27. The van der Waals surface area contributed by atoms with Crippen LogP contribution in [-0.2, 0) is 9.53 Å². The molecule has 3 amide bonds. The van der Waals surface area contributed by atoms with Gasteiger partial charge in [-0.2, -0.15) is 0 Å². The van der Waals surface area contributed by atoms with Gasteiger partial charge in [0, 0.05) is 41.9 Å². The number of cyclic esters (lactones) is 1. The van der Waals surface area contributed by atoms with E-state index in [1.165, 1.54) is 0 Å². The number of hydrogen-bond donors (Lipinski definition) is 1. The highest BCUT2D eigenvalue weighted by Gasteiger charge is 2.55. The van der Waals surface area contributed by atoms with Crippen LogP contribution in [-0.4, -0.2) is 58.1 Å². The summed E-state index contributed by atoms with van der Waals surface area (Å²) in [6.45, 7) is 3.54. The van der Waals surface area contributed by atoms with Crippen molar-refractivity contribution in [3.8, 4) is 5.69 Å². The van der Waals surface area contributed by atoms with Crippen LogP contribution in [0.2, 0.25) is 0 Å². The highest BCUT2D eigenvalue weighted by Crippen LogP contribution is 2.55. The van der Waals surface area contributed by atoms with Gasteiger partial charge in [0.05, 0.1) is 18.6 Å². The van der Waals surface area contributed by atoms with Gasteiger partial charge in [-0.1, -0.05) is 0 Å². The molecule has 3 heterocycles. The maximum atomic E-state index is 13.5. The fourth-order valence-corrected chi connectivity index (χ4v) is 5.28. The second-order valence-electron chi connectivity index (χ2n) is 10.3. The molecular weight excluding hydrogens is 470 g/mol. The lowest BCUT2D eigenvalue weighted by molar-refractivity contribution is -0.119. The summed E-state index contributed by atoms with van der Waals surface area (Å²) < 4.78 is 7.04. The normalized spacial score (nSPS) is 20.1. The molecule has 1 spiro atoms. The molecule has 1 aliphatic carbocycles. The lowest BCUT2D eigenvalue weighted by Crippen LogP contribution is -2.43. The third kappa shape index (κ3) is 4.57. The number of nitrogens with zero attached hydrogens (tertiary/aromatic N) is 4. The van der Waals surface area contributed by atoms with Gasteiger partial charge < -0.3 is 19.5 Å². The number of rotatable bonds is 5. The van der Waals surface area contributed by atoms with Crippen molar-refractivity contribution >= 4 is 29.3 Å². The van der Waals surface area contributed by atoms with Gasteiger partial charge >= 0.3 is 6.09 Å². The quantitative estimate of drug-likeness (QED) is 0.569. The van der Waals surface area contributed by atoms with Crippen LogP contribution < -0.4 is 10.2 Å². The Labute approximate surface area is 215 Å². The van der Waals surface area contributed by atoms with E-state index in [-0.39, 0.29) is 23.3 Å². The van der Waals surface area contributed by atoms with E-state index in [2.05, 4.69) is 10.3 Å². The molecule has 0 unspecified atom stereocenters. The van der Waals surface area contributed by atoms with Crippen molar-refractivity contribution in [1.29, 1.82) is 0 Å². The third-order valence-electron chi connectivity index (χ3n) is 7.57. The molecule has 3 aliphatic rings. The molecule has 3 fully saturated rings. The molecule has 1 saturated carbocycles. The van der Waals surface area contributed by atoms with Gasteiger partial charge in [0.25, 0.3) is 5.91 Å². The molecule has 2 aromatic carbocycles. The molecule has 9 heteroatoms. The Morgan fingerprint density at radius 1 is 1.05 bits per heavy atom. The van der Waals surface area contributed by atoms with Crippen LogP contribution in [0.1, 0.15) is 41.7 Å². The molecule has 0 radical (unpaired) electrons. The molecule has 1 aromatic heterocycles. The van der Waals surface area contributed by atoms with Gasteiger partial charge in [-0.15, -0.1) is 0 Å². The summed E-state index contributed by atoms with van der Waals surface area (Å²) in [4.78, 5) is 46.5. The highest BCUT2D eigenvalue weighted by molar-refractivity contribution is 6.02. The number of hydrogen-bond acceptors (Lipinski definition) is 5. The van der Waals surface area contributed by atoms with Crippen LogP contribution in [0.3, 0.4) is 0 Å². The molecule has 6 rings (SSSR count). The van der Waals surface area contributed by atoms with E-state index in [0.29, 0.717) is 43.1 Å². The van der Waals surface area contributed by atoms with Crippen molar-refractivity contribution < 1.29 is 19.1 Å². The smallest absolute Gasteiger partial charge is 0.414 e. The Balaban J connectivity index is 1.16. The zero-order valence-corrected chi connectivity index (χ0v) is 20.7. The zero-order chi connectivity index (χ0) is 25.6. The van der Waals surface area contributed by atoms with Crippen molar-refractivity contribution in [2.45, 2.75) is 38.6 Å². The van der Waals surface area contributed by atoms with Crippen LogP contribution in [0, 0.1) is 12.3 Å². The van der Waals surface area contributed by atoms with Gasteiger partial charge in [-0.3, -0.25) is 14.5 Å². The molecule has 37 heavy (non-hydrogen) atoms. The van der Waals surface area contributed by atoms with Gasteiger partial charge in [0.2, 0.25) is 5.91 Å². The van der Waals surface area contributed by atoms with E-state index in [9.17, 15) is 14.4 Å². The van der Waals surface area contributed by atoms with Crippen molar-refractivity contribution in [2.24, 2.45) is 5.41 Å². The summed E-state index contributed by atoms with van der Waals surface area (Å²) in [5.41, 5.74) is 3.83. The Bertz CT molecular complexity index is 1340. The standard InChI is InChI=1S/C28H29N5O4/c1-19-16-31(18-29-19)22-9-5-21(6-10-22)30-25(34)24-15-28(11-12-28)17-33(24)26(35)20-3-7-23(8-4-20)32-13-2-14-37-27(32)36/h3-10,16,18,24H,2,11-15,17H2,1H3,(H,30,34)/t24-/m0/s1. The largest absolute Gasteiger partial charge is 0.449 e. The van der Waals surface area contributed by atoms with Crippen molar-refractivity contribution in [1.82, 2.24) is 14.5 Å². The minimum atomic E-state index is -0.525. The van der Waals surface area contributed by atoms with Crippen LogP contribution in [0.15, 0.2) is 61.1 Å². The van der Waals surface area contributed by atoms with Gasteiger partial charge in [-0.05, 0) is 86.6 Å². The summed E-state index contributed by atoms with van der Waals surface area (Å²) in [5, 5.41) is 3.01. The van der Waals surface area contributed by atoms with E-state index in [1.807, 2.05) is 42.0 Å². The first-order chi connectivity index (χ1) is 17.9. The number of carbonyl (C=O) groups excluding carboxylic acids is 3. The molecule has 2 saturated heterocycles. The molecular formula is C28H29N5O4. The predicted octanol–water partition coefficient (Wildman–Crippen LogP) is 4.16. The maximum absolute atomic E-state index is 13.5. The lowest BCUT2D eigenvalue weighted by atomic mass is 10.0. The fourth-order valence-electron chi connectivity index (χ4n) is 5.28. The molecule has 9 nitrogen and oxygen atoms in total. The number of likely N-dealkylation sites (tertiary alicyclic amines) is 1. The predicted molar refractivity (Wildman–Crippen MR) is 138 cm³/mol.